The van der Waals surface area contributed by atoms with Gasteiger partial charge in [0, 0.05) is 19.2 Å². The molecular formula is C19H16N2O4S. The Balaban J connectivity index is 1.55. The molecule has 0 spiro atoms. The van der Waals surface area contributed by atoms with E-state index in [1.54, 1.807) is 12.1 Å². The van der Waals surface area contributed by atoms with Crippen molar-refractivity contribution in [2.45, 2.75) is 19.3 Å². The van der Waals surface area contributed by atoms with Crippen LogP contribution in [-0.4, -0.2) is 40.6 Å². The molecule has 0 bridgehead atoms. The summed E-state index contributed by atoms with van der Waals surface area (Å²) in [5, 5.41) is 3.91. The lowest BCUT2D eigenvalue weighted by Gasteiger charge is -2.26. The number of carbonyl (C=O) groups excluding carboxylic acids is 3. The van der Waals surface area contributed by atoms with Crippen LogP contribution in [0.25, 0.3) is 16.2 Å². The van der Waals surface area contributed by atoms with Crippen LogP contribution < -0.4 is 0 Å². The minimum Gasteiger partial charge on any atom is -0.355 e. The maximum atomic E-state index is 12.6. The molecular weight excluding hydrogens is 352 g/mol. The highest BCUT2D eigenvalue weighted by molar-refractivity contribution is 7.17. The van der Waals surface area contributed by atoms with Gasteiger partial charge < -0.3 is 9.42 Å². The minimum absolute atomic E-state index is 0.0431. The monoisotopic (exact) mass is 368 g/mol. The van der Waals surface area contributed by atoms with Gasteiger partial charge in [-0.25, -0.2) is 0 Å². The second kappa shape index (κ2) is 6.84. The number of carbonyl (C=O) groups is 3. The van der Waals surface area contributed by atoms with Crippen molar-refractivity contribution in [3.8, 4) is 10.6 Å². The summed E-state index contributed by atoms with van der Waals surface area (Å²) in [5.74, 6) is -0.0220. The molecule has 1 saturated heterocycles. The fourth-order valence-electron chi connectivity index (χ4n) is 3.07. The second-order valence-corrected chi connectivity index (χ2v) is 7.33. The van der Waals surface area contributed by atoms with E-state index in [1.165, 1.54) is 36.0 Å². The number of allylic oxidation sites excluding steroid dienone is 4. The predicted octanol–water partition coefficient (Wildman–Crippen LogP) is 3.12. The normalized spacial score (nSPS) is 17.5. The van der Waals surface area contributed by atoms with Crippen molar-refractivity contribution in [1.82, 2.24) is 10.1 Å². The molecule has 4 rings (SSSR count). The Morgan fingerprint density at radius 1 is 1.12 bits per heavy atom. The third-order valence-electron chi connectivity index (χ3n) is 4.44. The first-order chi connectivity index (χ1) is 12.6. The van der Waals surface area contributed by atoms with E-state index in [0.717, 1.165) is 30.8 Å². The van der Waals surface area contributed by atoms with Crippen molar-refractivity contribution in [2.75, 3.05) is 13.1 Å². The molecule has 0 atom stereocenters. The standard InChI is InChI=1S/C19H16N2O4S/c22-12-4-5-15(23)13(10-12)14-11-16(25-20-14)17-6-7-18(26-17)19(24)21-8-2-1-3-9-21/h4-7,10-11H,1-3,8-9H2. The number of thiophene rings is 1. The van der Waals surface area contributed by atoms with Crippen molar-refractivity contribution in [1.29, 1.82) is 0 Å². The molecule has 2 aromatic rings. The molecule has 1 fully saturated rings. The lowest BCUT2D eigenvalue weighted by molar-refractivity contribution is -0.113. The van der Waals surface area contributed by atoms with E-state index in [-0.39, 0.29) is 23.0 Å². The Labute approximate surface area is 153 Å². The minimum atomic E-state index is -0.281. The van der Waals surface area contributed by atoms with Gasteiger partial charge in [0.15, 0.2) is 17.3 Å². The molecule has 0 saturated carbocycles. The molecule has 2 aromatic heterocycles. The molecule has 1 aliphatic carbocycles. The van der Waals surface area contributed by atoms with Gasteiger partial charge in [-0.15, -0.1) is 11.3 Å². The number of hydrogen-bond acceptors (Lipinski definition) is 6. The SMILES string of the molecule is O=C1C=CC(=O)C(c2cc(-c3ccc(C(=O)N4CCCCC4)s3)on2)=C1. The number of likely N-dealkylation sites (tertiary alicyclic amines) is 1. The Kier molecular flexibility index (Phi) is 4.38. The van der Waals surface area contributed by atoms with Crippen LogP contribution in [0, 0.1) is 0 Å². The van der Waals surface area contributed by atoms with Crippen LogP contribution in [0.3, 0.4) is 0 Å². The molecule has 0 aromatic carbocycles. The first-order valence-corrected chi connectivity index (χ1v) is 9.28. The summed E-state index contributed by atoms with van der Waals surface area (Å²) in [6, 6.07) is 5.22. The number of nitrogens with zero attached hydrogens (tertiary/aromatic N) is 2. The van der Waals surface area contributed by atoms with E-state index in [4.69, 9.17) is 4.52 Å². The first kappa shape index (κ1) is 16.7. The molecule has 2 aliphatic rings. The average Bonchev–Trinajstić information content (AvgIpc) is 3.33. The molecule has 0 radical (unpaired) electrons. The highest BCUT2D eigenvalue weighted by atomic mass is 32.1. The zero-order valence-electron chi connectivity index (χ0n) is 13.9. The first-order valence-electron chi connectivity index (χ1n) is 8.46. The Bertz CT molecular complexity index is 944. The smallest absolute Gasteiger partial charge is 0.263 e. The number of rotatable bonds is 3. The van der Waals surface area contributed by atoms with Crippen LogP contribution in [0.1, 0.15) is 34.6 Å². The Hall–Kier alpha value is -2.80. The number of aromatic nitrogens is 1. The van der Waals surface area contributed by atoms with Crippen LogP contribution in [0.4, 0.5) is 0 Å². The van der Waals surface area contributed by atoms with Gasteiger partial charge in [-0.05, 0) is 49.6 Å². The van der Waals surface area contributed by atoms with E-state index in [0.29, 0.717) is 16.3 Å². The molecule has 1 amide bonds. The van der Waals surface area contributed by atoms with Crippen LogP contribution >= 0.6 is 11.3 Å². The van der Waals surface area contributed by atoms with Gasteiger partial charge in [-0.2, -0.15) is 0 Å². The van der Waals surface area contributed by atoms with E-state index in [9.17, 15) is 14.4 Å². The summed E-state index contributed by atoms with van der Waals surface area (Å²) >= 11 is 1.34. The molecule has 6 nitrogen and oxygen atoms in total. The quantitative estimate of drug-likeness (QED) is 0.778. The zero-order valence-corrected chi connectivity index (χ0v) is 14.8. The number of ketones is 2. The van der Waals surface area contributed by atoms with E-state index in [1.807, 2.05) is 11.0 Å². The molecule has 0 unspecified atom stereocenters. The third-order valence-corrected chi connectivity index (χ3v) is 5.53. The van der Waals surface area contributed by atoms with Crippen molar-refractivity contribution in [2.24, 2.45) is 0 Å². The zero-order chi connectivity index (χ0) is 18.1. The van der Waals surface area contributed by atoms with Gasteiger partial charge in [0.05, 0.1) is 15.3 Å². The van der Waals surface area contributed by atoms with Gasteiger partial charge in [-0.1, -0.05) is 5.16 Å². The maximum Gasteiger partial charge on any atom is 0.263 e. The van der Waals surface area contributed by atoms with Gasteiger partial charge in [0.25, 0.3) is 5.91 Å². The fraction of sp³-hybridized carbons (Fsp3) is 0.263. The largest absolute Gasteiger partial charge is 0.355 e. The summed E-state index contributed by atoms with van der Waals surface area (Å²) in [6.07, 6.45) is 6.98. The fourth-order valence-corrected chi connectivity index (χ4v) is 3.99. The van der Waals surface area contributed by atoms with E-state index in [2.05, 4.69) is 5.16 Å². The topological polar surface area (TPSA) is 80.5 Å². The van der Waals surface area contributed by atoms with Gasteiger partial charge >= 0.3 is 0 Å². The van der Waals surface area contributed by atoms with Crippen molar-refractivity contribution >= 4 is 34.4 Å². The number of amides is 1. The van der Waals surface area contributed by atoms with Crippen LogP contribution in [0.15, 0.2) is 41.0 Å². The lowest BCUT2D eigenvalue weighted by atomic mass is 10.0. The maximum absolute atomic E-state index is 12.6. The van der Waals surface area contributed by atoms with E-state index >= 15 is 0 Å². The van der Waals surface area contributed by atoms with E-state index < -0.39 is 0 Å². The lowest BCUT2D eigenvalue weighted by Crippen LogP contribution is -2.35. The van der Waals surface area contributed by atoms with Crippen LogP contribution in [-0.2, 0) is 9.59 Å². The Morgan fingerprint density at radius 3 is 2.73 bits per heavy atom. The van der Waals surface area contributed by atoms with Gasteiger partial charge in [-0.3, -0.25) is 14.4 Å². The van der Waals surface area contributed by atoms with Gasteiger partial charge in [0.1, 0.15) is 5.69 Å². The second-order valence-electron chi connectivity index (χ2n) is 6.25. The molecule has 7 heteroatoms. The van der Waals surface area contributed by atoms with Crippen molar-refractivity contribution < 1.29 is 18.9 Å². The number of hydrogen-bond donors (Lipinski definition) is 0. The predicted molar refractivity (Wildman–Crippen MR) is 96.7 cm³/mol. The van der Waals surface area contributed by atoms with Crippen LogP contribution in [0.2, 0.25) is 0 Å². The Morgan fingerprint density at radius 2 is 1.92 bits per heavy atom. The summed E-state index contributed by atoms with van der Waals surface area (Å²) in [6.45, 7) is 1.60. The van der Waals surface area contributed by atoms with Gasteiger partial charge in [0.2, 0.25) is 0 Å². The average molecular weight is 368 g/mol. The molecule has 1 aliphatic heterocycles. The number of piperidine rings is 1. The molecule has 26 heavy (non-hydrogen) atoms. The van der Waals surface area contributed by atoms with Crippen LogP contribution in [0.5, 0.6) is 0 Å². The summed E-state index contributed by atoms with van der Waals surface area (Å²) in [7, 11) is 0. The third kappa shape index (κ3) is 3.17. The molecule has 0 N–H and O–H groups in total. The summed E-state index contributed by atoms with van der Waals surface area (Å²) < 4.78 is 5.33. The molecule has 132 valence electrons. The highest BCUT2D eigenvalue weighted by Gasteiger charge is 2.22. The van der Waals surface area contributed by atoms with Crippen molar-refractivity contribution in [3.05, 3.63) is 47.0 Å². The van der Waals surface area contributed by atoms with Crippen molar-refractivity contribution in [3.63, 3.8) is 0 Å². The summed E-state index contributed by atoms with van der Waals surface area (Å²) in [4.78, 5) is 39.3. The summed E-state index contributed by atoms with van der Waals surface area (Å²) in [5.41, 5.74) is 0.536. The molecule has 3 heterocycles. The highest BCUT2D eigenvalue weighted by Crippen LogP contribution is 2.31.